The van der Waals surface area contributed by atoms with Crippen molar-refractivity contribution >= 4 is 15.9 Å². The van der Waals surface area contributed by atoms with Gasteiger partial charge in [-0.3, -0.25) is 0 Å². The summed E-state index contributed by atoms with van der Waals surface area (Å²) in [6, 6.07) is 4.65. The fraction of sp³-hybridized carbons (Fsp3) is 0.714. The Morgan fingerprint density at radius 1 is 1.35 bits per heavy atom. The van der Waals surface area contributed by atoms with Gasteiger partial charge in [0, 0.05) is 6.04 Å². The van der Waals surface area contributed by atoms with Crippen LogP contribution >= 0.6 is 15.9 Å². The fourth-order valence-corrected chi connectivity index (χ4v) is 3.23. The van der Waals surface area contributed by atoms with Crippen LogP contribution in [0.4, 0.5) is 0 Å². The van der Waals surface area contributed by atoms with Crippen LogP contribution in [0.15, 0.2) is 21.2 Å². The summed E-state index contributed by atoms with van der Waals surface area (Å²) < 4.78 is 6.34. The Hall–Kier alpha value is -0.280. The van der Waals surface area contributed by atoms with Gasteiger partial charge in [-0.25, -0.2) is 0 Å². The largest absolute Gasteiger partial charge is 0.453 e. The second-order valence-corrected chi connectivity index (χ2v) is 6.17. The fourth-order valence-electron chi connectivity index (χ4n) is 2.89. The van der Waals surface area contributed by atoms with Crippen molar-refractivity contribution in [2.75, 3.05) is 0 Å². The molecule has 1 fully saturated rings. The van der Waals surface area contributed by atoms with Crippen LogP contribution in [-0.2, 0) is 6.54 Å². The zero-order valence-electron chi connectivity index (χ0n) is 10.7. The van der Waals surface area contributed by atoms with E-state index in [0.29, 0.717) is 6.04 Å². The van der Waals surface area contributed by atoms with Crippen LogP contribution in [0.5, 0.6) is 0 Å². The summed E-state index contributed by atoms with van der Waals surface area (Å²) in [5, 5.41) is 3.67. The van der Waals surface area contributed by atoms with Crippen LogP contribution in [0.2, 0.25) is 0 Å². The Balaban J connectivity index is 1.88. The lowest BCUT2D eigenvalue weighted by atomic mass is 9.78. The van der Waals surface area contributed by atoms with Crippen molar-refractivity contribution in [3.8, 4) is 0 Å². The van der Waals surface area contributed by atoms with Crippen molar-refractivity contribution in [3.63, 3.8) is 0 Å². The number of hydrogen-bond acceptors (Lipinski definition) is 2. The monoisotopic (exact) mass is 299 g/mol. The maximum absolute atomic E-state index is 5.52. The van der Waals surface area contributed by atoms with Gasteiger partial charge in [0.2, 0.25) is 0 Å². The molecule has 1 heterocycles. The SMILES string of the molecule is CC(C)C1CCCCC1NCc1ccc(Br)o1. The van der Waals surface area contributed by atoms with Gasteiger partial charge in [0.15, 0.2) is 4.67 Å². The molecule has 2 unspecified atom stereocenters. The molecule has 2 nitrogen and oxygen atoms in total. The first-order chi connectivity index (χ1) is 8.16. The molecule has 1 aliphatic rings. The molecule has 17 heavy (non-hydrogen) atoms. The van der Waals surface area contributed by atoms with Crippen molar-refractivity contribution < 1.29 is 4.42 Å². The summed E-state index contributed by atoms with van der Waals surface area (Å²) in [5.74, 6) is 2.61. The predicted molar refractivity (Wildman–Crippen MR) is 73.8 cm³/mol. The minimum Gasteiger partial charge on any atom is -0.453 e. The van der Waals surface area contributed by atoms with Crippen molar-refractivity contribution in [2.45, 2.75) is 52.1 Å². The summed E-state index contributed by atoms with van der Waals surface area (Å²) in [5.41, 5.74) is 0. The molecule has 1 aromatic heterocycles. The van der Waals surface area contributed by atoms with E-state index in [1.54, 1.807) is 0 Å². The smallest absolute Gasteiger partial charge is 0.169 e. The Labute approximate surface area is 112 Å². The maximum Gasteiger partial charge on any atom is 0.169 e. The number of halogens is 1. The zero-order chi connectivity index (χ0) is 12.3. The molecule has 1 aromatic rings. The molecule has 0 amide bonds. The first-order valence-corrected chi connectivity index (χ1v) is 7.43. The zero-order valence-corrected chi connectivity index (χ0v) is 12.3. The Kier molecular flexibility index (Phi) is 4.69. The third-order valence-corrected chi connectivity index (χ3v) is 4.27. The summed E-state index contributed by atoms with van der Waals surface area (Å²) in [7, 11) is 0. The second kappa shape index (κ2) is 6.05. The first-order valence-electron chi connectivity index (χ1n) is 6.64. The molecule has 0 spiro atoms. The van der Waals surface area contributed by atoms with Crippen LogP contribution in [-0.4, -0.2) is 6.04 Å². The normalized spacial score (nSPS) is 25.4. The molecule has 1 N–H and O–H groups in total. The summed E-state index contributed by atoms with van der Waals surface area (Å²) in [6.07, 6.45) is 5.44. The van der Waals surface area contributed by atoms with Crippen LogP contribution in [0, 0.1) is 11.8 Å². The maximum atomic E-state index is 5.52. The predicted octanol–water partition coefficient (Wildman–Crippen LogP) is 4.35. The molecule has 3 heteroatoms. The molecular weight excluding hydrogens is 278 g/mol. The average Bonchev–Trinajstić information content (AvgIpc) is 2.73. The van der Waals surface area contributed by atoms with Crippen LogP contribution < -0.4 is 5.32 Å². The van der Waals surface area contributed by atoms with E-state index in [9.17, 15) is 0 Å². The van der Waals surface area contributed by atoms with Gasteiger partial charge in [-0.1, -0.05) is 26.7 Å². The highest BCUT2D eigenvalue weighted by Crippen LogP contribution is 2.30. The van der Waals surface area contributed by atoms with Gasteiger partial charge >= 0.3 is 0 Å². The highest BCUT2D eigenvalue weighted by molar-refractivity contribution is 9.10. The van der Waals surface area contributed by atoms with E-state index in [1.165, 1.54) is 25.7 Å². The molecule has 1 saturated carbocycles. The lowest BCUT2D eigenvalue weighted by molar-refractivity contribution is 0.201. The van der Waals surface area contributed by atoms with E-state index in [1.807, 2.05) is 12.1 Å². The molecule has 2 rings (SSSR count). The Bertz CT molecular complexity index is 348. The van der Waals surface area contributed by atoms with E-state index in [-0.39, 0.29) is 0 Å². The molecule has 0 saturated heterocycles. The molecule has 1 aliphatic carbocycles. The van der Waals surface area contributed by atoms with E-state index >= 15 is 0 Å². The van der Waals surface area contributed by atoms with Gasteiger partial charge in [-0.05, 0) is 52.7 Å². The lowest BCUT2D eigenvalue weighted by Gasteiger charge is -2.34. The van der Waals surface area contributed by atoms with Gasteiger partial charge in [-0.15, -0.1) is 0 Å². The third-order valence-electron chi connectivity index (χ3n) is 3.84. The minimum atomic E-state index is 0.660. The van der Waals surface area contributed by atoms with E-state index < -0.39 is 0 Å². The van der Waals surface area contributed by atoms with Gasteiger partial charge in [0.1, 0.15) is 5.76 Å². The topological polar surface area (TPSA) is 25.2 Å². The molecule has 0 aliphatic heterocycles. The number of rotatable bonds is 4. The molecule has 2 atom stereocenters. The summed E-state index contributed by atoms with van der Waals surface area (Å²) >= 11 is 3.34. The van der Waals surface area contributed by atoms with E-state index in [4.69, 9.17) is 4.42 Å². The summed E-state index contributed by atoms with van der Waals surface area (Å²) in [6.45, 7) is 5.53. The van der Waals surface area contributed by atoms with E-state index in [2.05, 4.69) is 35.1 Å². The summed E-state index contributed by atoms with van der Waals surface area (Å²) in [4.78, 5) is 0. The molecule has 0 aromatic carbocycles. The standard InChI is InChI=1S/C14H22BrNO/c1-10(2)12-5-3-4-6-13(12)16-9-11-7-8-14(15)17-11/h7-8,10,12-13,16H,3-6,9H2,1-2H3. The van der Waals surface area contributed by atoms with Gasteiger partial charge < -0.3 is 9.73 Å². The third kappa shape index (κ3) is 3.59. The second-order valence-electron chi connectivity index (χ2n) is 5.39. The van der Waals surface area contributed by atoms with Crippen LogP contribution in [0.1, 0.15) is 45.3 Å². The number of nitrogens with one attached hydrogen (secondary N) is 1. The Morgan fingerprint density at radius 3 is 2.76 bits per heavy atom. The highest BCUT2D eigenvalue weighted by atomic mass is 79.9. The molecular formula is C14H22BrNO. The Morgan fingerprint density at radius 2 is 2.12 bits per heavy atom. The lowest BCUT2D eigenvalue weighted by Crippen LogP contribution is -2.40. The molecule has 0 radical (unpaired) electrons. The van der Waals surface area contributed by atoms with Crippen molar-refractivity contribution in [2.24, 2.45) is 11.8 Å². The van der Waals surface area contributed by atoms with Crippen molar-refractivity contribution in [1.29, 1.82) is 0 Å². The molecule has 0 bridgehead atoms. The highest BCUT2D eigenvalue weighted by Gasteiger charge is 2.27. The number of furan rings is 1. The first kappa shape index (κ1) is 13.2. The van der Waals surface area contributed by atoms with Crippen LogP contribution in [0.3, 0.4) is 0 Å². The van der Waals surface area contributed by atoms with Crippen molar-refractivity contribution in [3.05, 3.63) is 22.6 Å². The van der Waals surface area contributed by atoms with Crippen LogP contribution in [0.25, 0.3) is 0 Å². The van der Waals surface area contributed by atoms with Gasteiger partial charge in [0.25, 0.3) is 0 Å². The van der Waals surface area contributed by atoms with Gasteiger partial charge in [0.05, 0.1) is 6.54 Å². The molecule has 96 valence electrons. The number of hydrogen-bond donors (Lipinski definition) is 1. The minimum absolute atomic E-state index is 0.660. The van der Waals surface area contributed by atoms with Gasteiger partial charge in [-0.2, -0.15) is 0 Å². The van der Waals surface area contributed by atoms with Crippen molar-refractivity contribution in [1.82, 2.24) is 5.32 Å². The average molecular weight is 300 g/mol. The van der Waals surface area contributed by atoms with E-state index in [0.717, 1.165) is 28.8 Å². The quantitative estimate of drug-likeness (QED) is 0.894.